The van der Waals surface area contributed by atoms with E-state index < -0.39 is 17.5 Å². The highest BCUT2D eigenvalue weighted by Crippen LogP contribution is 2.18. The summed E-state index contributed by atoms with van der Waals surface area (Å²) in [5, 5.41) is 0.599. The molecular formula is C14H10ClF3. The minimum absolute atomic E-state index is 0.108. The van der Waals surface area contributed by atoms with Gasteiger partial charge in [-0.2, -0.15) is 0 Å². The number of halogens is 4. The predicted molar refractivity (Wildman–Crippen MR) is 65.2 cm³/mol. The molecule has 0 N–H and O–H groups in total. The smallest absolute Gasteiger partial charge is 0.164 e. The van der Waals surface area contributed by atoms with Gasteiger partial charge in [0.15, 0.2) is 11.6 Å². The van der Waals surface area contributed by atoms with Crippen molar-refractivity contribution in [2.75, 3.05) is 0 Å². The Kier molecular flexibility index (Phi) is 3.92. The average molecular weight is 271 g/mol. The van der Waals surface area contributed by atoms with Gasteiger partial charge in [0.05, 0.1) is 0 Å². The molecule has 0 saturated heterocycles. The first-order valence-corrected chi connectivity index (χ1v) is 5.82. The molecule has 2 rings (SSSR count). The average Bonchev–Trinajstić information content (AvgIpc) is 2.36. The molecule has 0 radical (unpaired) electrons. The van der Waals surface area contributed by atoms with Crippen molar-refractivity contribution in [3.63, 3.8) is 0 Å². The van der Waals surface area contributed by atoms with Crippen molar-refractivity contribution in [3.05, 3.63) is 70.0 Å². The molecule has 2 aromatic carbocycles. The summed E-state index contributed by atoms with van der Waals surface area (Å²) in [5.41, 5.74) is 0.674. The Balaban J connectivity index is 2.15. The Labute approximate surface area is 108 Å². The SMILES string of the molecule is Fc1ccc(F)c(CCc2ccc(Cl)cc2)c1F. The van der Waals surface area contributed by atoms with Gasteiger partial charge >= 0.3 is 0 Å². The van der Waals surface area contributed by atoms with Crippen LogP contribution in [-0.4, -0.2) is 0 Å². The molecule has 94 valence electrons. The predicted octanol–water partition coefficient (Wildman–Crippen LogP) is 4.54. The van der Waals surface area contributed by atoms with Crippen LogP contribution in [0.4, 0.5) is 13.2 Å². The lowest BCUT2D eigenvalue weighted by molar-refractivity contribution is 0.479. The van der Waals surface area contributed by atoms with E-state index in [1.165, 1.54) is 0 Å². The molecule has 18 heavy (non-hydrogen) atoms. The molecule has 4 heteroatoms. The fourth-order valence-electron chi connectivity index (χ4n) is 1.72. The molecule has 0 aliphatic heterocycles. The van der Waals surface area contributed by atoms with Crippen LogP contribution < -0.4 is 0 Å². The van der Waals surface area contributed by atoms with E-state index in [1.54, 1.807) is 24.3 Å². The lowest BCUT2D eigenvalue weighted by Crippen LogP contribution is -2.01. The molecule has 0 atom stereocenters. The van der Waals surface area contributed by atoms with Crippen LogP contribution in [-0.2, 0) is 12.8 Å². The van der Waals surface area contributed by atoms with Gasteiger partial charge in [-0.05, 0) is 42.7 Å². The summed E-state index contributed by atoms with van der Waals surface area (Å²) in [5.74, 6) is -2.85. The van der Waals surface area contributed by atoms with Crippen molar-refractivity contribution in [2.24, 2.45) is 0 Å². The molecule has 0 heterocycles. The largest absolute Gasteiger partial charge is 0.207 e. The maximum Gasteiger partial charge on any atom is 0.164 e. The van der Waals surface area contributed by atoms with Crippen LogP contribution in [0.2, 0.25) is 5.02 Å². The topological polar surface area (TPSA) is 0 Å². The minimum atomic E-state index is -1.11. The van der Waals surface area contributed by atoms with Gasteiger partial charge in [0.2, 0.25) is 0 Å². The summed E-state index contributed by atoms with van der Waals surface area (Å²) >= 11 is 5.73. The molecule has 0 fully saturated rings. The molecule has 0 spiro atoms. The van der Waals surface area contributed by atoms with E-state index in [0.717, 1.165) is 17.7 Å². The second-order valence-corrected chi connectivity index (χ2v) is 4.38. The Morgan fingerprint density at radius 1 is 0.778 bits per heavy atom. The summed E-state index contributed by atoms with van der Waals surface area (Å²) in [6, 6.07) is 8.69. The number of hydrogen-bond acceptors (Lipinski definition) is 0. The Morgan fingerprint density at radius 3 is 2.06 bits per heavy atom. The zero-order valence-corrected chi connectivity index (χ0v) is 10.1. The highest BCUT2D eigenvalue weighted by atomic mass is 35.5. The summed E-state index contributed by atoms with van der Waals surface area (Å²) in [4.78, 5) is 0. The van der Waals surface area contributed by atoms with E-state index in [0.29, 0.717) is 11.4 Å². The van der Waals surface area contributed by atoms with Crippen LogP contribution in [0.5, 0.6) is 0 Å². The fraction of sp³-hybridized carbons (Fsp3) is 0.143. The summed E-state index contributed by atoms with van der Waals surface area (Å²) in [6.07, 6.45) is 0.533. The molecule has 0 bridgehead atoms. The Bertz CT molecular complexity index is 550. The molecule has 0 aromatic heterocycles. The third-order valence-electron chi connectivity index (χ3n) is 2.72. The molecule has 0 aliphatic carbocycles. The maximum absolute atomic E-state index is 13.4. The molecule has 0 aliphatic rings. The Morgan fingerprint density at radius 2 is 1.39 bits per heavy atom. The molecule has 0 unspecified atom stereocenters. The van der Waals surface area contributed by atoms with Gasteiger partial charge in [-0.1, -0.05) is 23.7 Å². The van der Waals surface area contributed by atoms with Crippen molar-refractivity contribution in [3.8, 4) is 0 Å². The molecule has 0 amide bonds. The molecule has 0 saturated carbocycles. The first kappa shape index (κ1) is 13.0. The van der Waals surface area contributed by atoms with Gasteiger partial charge < -0.3 is 0 Å². The highest BCUT2D eigenvalue weighted by molar-refractivity contribution is 6.30. The van der Waals surface area contributed by atoms with Crippen LogP contribution in [0.1, 0.15) is 11.1 Å². The number of aryl methyl sites for hydroxylation is 1. The van der Waals surface area contributed by atoms with Gasteiger partial charge in [-0.25, -0.2) is 13.2 Å². The van der Waals surface area contributed by atoms with Gasteiger partial charge in [-0.15, -0.1) is 0 Å². The van der Waals surface area contributed by atoms with E-state index in [1.807, 2.05) is 0 Å². The quantitative estimate of drug-likeness (QED) is 0.718. The number of rotatable bonds is 3. The lowest BCUT2D eigenvalue weighted by Gasteiger charge is -2.06. The van der Waals surface area contributed by atoms with Crippen LogP contribution in [0.3, 0.4) is 0 Å². The third-order valence-corrected chi connectivity index (χ3v) is 2.97. The monoisotopic (exact) mass is 270 g/mol. The van der Waals surface area contributed by atoms with Crippen molar-refractivity contribution in [1.82, 2.24) is 0 Å². The fourth-order valence-corrected chi connectivity index (χ4v) is 1.84. The lowest BCUT2D eigenvalue weighted by atomic mass is 10.0. The maximum atomic E-state index is 13.4. The molecule has 0 nitrogen and oxygen atoms in total. The first-order chi connectivity index (χ1) is 8.58. The standard InChI is InChI=1S/C14H10ClF3/c15-10-4-1-9(2-5-10)3-6-11-12(16)7-8-13(17)14(11)18/h1-2,4-5,7-8H,3,6H2. The van der Waals surface area contributed by atoms with Gasteiger partial charge in [0, 0.05) is 10.6 Å². The Hall–Kier alpha value is -1.48. The van der Waals surface area contributed by atoms with E-state index >= 15 is 0 Å². The third kappa shape index (κ3) is 2.85. The van der Waals surface area contributed by atoms with Crippen molar-refractivity contribution in [2.45, 2.75) is 12.8 Å². The summed E-state index contributed by atoms with van der Waals surface area (Å²) in [6.45, 7) is 0. The second kappa shape index (κ2) is 5.44. The van der Waals surface area contributed by atoms with Gasteiger partial charge in [0.1, 0.15) is 5.82 Å². The zero-order chi connectivity index (χ0) is 13.1. The summed E-state index contributed by atoms with van der Waals surface area (Å²) < 4.78 is 39.7. The number of hydrogen-bond donors (Lipinski definition) is 0. The minimum Gasteiger partial charge on any atom is -0.207 e. The summed E-state index contributed by atoms with van der Waals surface area (Å²) in [7, 11) is 0. The second-order valence-electron chi connectivity index (χ2n) is 3.95. The van der Waals surface area contributed by atoms with Crippen LogP contribution >= 0.6 is 11.6 Å². The first-order valence-electron chi connectivity index (χ1n) is 5.45. The van der Waals surface area contributed by atoms with E-state index in [-0.39, 0.29) is 12.0 Å². The van der Waals surface area contributed by atoms with Gasteiger partial charge in [-0.3, -0.25) is 0 Å². The van der Waals surface area contributed by atoms with E-state index in [2.05, 4.69) is 0 Å². The zero-order valence-electron chi connectivity index (χ0n) is 9.39. The van der Waals surface area contributed by atoms with Crippen molar-refractivity contribution < 1.29 is 13.2 Å². The van der Waals surface area contributed by atoms with Crippen LogP contribution in [0.25, 0.3) is 0 Å². The van der Waals surface area contributed by atoms with Crippen molar-refractivity contribution in [1.29, 1.82) is 0 Å². The molecular weight excluding hydrogens is 261 g/mol. The van der Waals surface area contributed by atoms with Crippen molar-refractivity contribution >= 4 is 11.6 Å². The van der Waals surface area contributed by atoms with Crippen LogP contribution in [0, 0.1) is 17.5 Å². The van der Waals surface area contributed by atoms with E-state index in [4.69, 9.17) is 11.6 Å². The molecule has 2 aromatic rings. The normalized spacial score (nSPS) is 10.7. The highest BCUT2D eigenvalue weighted by Gasteiger charge is 2.13. The van der Waals surface area contributed by atoms with Crippen LogP contribution in [0.15, 0.2) is 36.4 Å². The number of benzene rings is 2. The van der Waals surface area contributed by atoms with E-state index in [9.17, 15) is 13.2 Å². The van der Waals surface area contributed by atoms with Gasteiger partial charge in [0.25, 0.3) is 0 Å².